The third-order valence-corrected chi connectivity index (χ3v) is 5.88. The summed E-state index contributed by atoms with van der Waals surface area (Å²) in [6.07, 6.45) is 3.26. The zero-order valence-corrected chi connectivity index (χ0v) is 21.3. The lowest BCUT2D eigenvalue weighted by Gasteiger charge is -2.16. The van der Waals surface area contributed by atoms with Gasteiger partial charge in [0.1, 0.15) is 30.6 Å². The molecule has 0 spiro atoms. The molecule has 0 saturated carbocycles. The van der Waals surface area contributed by atoms with Crippen molar-refractivity contribution in [3.05, 3.63) is 53.1 Å². The zero-order chi connectivity index (χ0) is 25.2. The molecule has 0 aliphatic carbocycles. The van der Waals surface area contributed by atoms with Crippen LogP contribution in [-0.2, 0) is 4.79 Å². The molecule has 1 N–H and O–H groups in total. The van der Waals surface area contributed by atoms with Crippen LogP contribution in [0.5, 0.6) is 23.0 Å². The number of aromatic nitrogens is 2. The Labute approximate surface area is 211 Å². The molecule has 1 amide bonds. The van der Waals surface area contributed by atoms with Gasteiger partial charge in [-0.1, -0.05) is 29.5 Å². The number of aryl methyl sites for hydroxylation is 1. The maximum Gasteiger partial charge on any atom is 0.268 e. The first kappa shape index (κ1) is 25.9. The molecule has 1 aromatic heterocycles. The molecule has 3 rings (SSSR count). The van der Waals surface area contributed by atoms with E-state index in [0.29, 0.717) is 39.7 Å². The van der Waals surface area contributed by atoms with E-state index in [4.69, 9.17) is 18.9 Å². The highest BCUT2D eigenvalue weighted by atomic mass is 32.2. The fraction of sp³-hybridized carbons (Fsp3) is 0.250. The van der Waals surface area contributed by atoms with Crippen LogP contribution in [0, 0.1) is 18.3 Å². The van der Waals surface area contributed by atoms with Gasteiger partial charge in [0.15, 0.2) is 11.5 Å². The van der Waals surface area contributed by atoms with Crippen LogP contribution in [0.1, 0.15) is 11.1 Å². The van der Waals surface area contributed by atoms with Crippen molar-refractivity contribution in [3.63, 3.8) is 0 Å². The number of methoxy groups -OCH3 is 2. The summed E-state index contributed by atoms with van der Waals surface area (Å²) < 4.78 is 26.6. The molecule has 0 radical (unpaired) electrons. The summed E-state index contributed by atoms with van der Waals surface area (Å²) in [5, 5.41) is 13.0. The Kier molecular flexibility index (Phi) is 9.34. The molecule has 0 atom stereocenters. The first-order valence-electron chi connectivity index (χ1n) is 10.4. The van der Waals surface area contributed by atoms with Gasteiger partial charge in [-0.2, -0.15) is 14.6 Å². The van der Waals surface area contributed by atoms with Gasteiger partial charge in [0, 0.05) is 11.5 Å². The summed E-state index contributed by atoms with van der Waals surface area (Å²) in [5.41, 5.74) is 1.56. The molecule has 0 aliphatic rings. The number of hydrogen-bond acceptors (Lipinski definition) is 10. The number of benzene rings is 2. The molecule has 0 aliphatic heterocycles. The summed E-state index contributed by atoms with van der Waals surface area (Å²) in [5.74, 6) is 1.32. The van der Waals surface area contributed by atoms with Crippen LogP contribution in [0.25, 0.3) is 6.08 Å². The maximum absolute atomic E-state index is 12.6. The van der Waals surface area contributed by atoms with Gasteiger partial charge in [-0.3, -0.25) is 10.1 Å². The largest absolute Gasteiger partial charge is 0.493 e. The van der Waals surface area contributed by atoms with E-state index in [2.05, 4.69) is 14.7 Å². The molecular formula is C24H24N4O5S2. The van der Waals surface area contributed by atoms with Crippen LogP contribution in [0.2, 0.25) is 0 Å². The minimum Gasteiger partial charge on any atom is -0.493 e. The van der Waals surface area contributed by atoms with Gasteiger partial charge in [-0.15, -0.1) is 0 Å². The zero-order valence-electron chi connectivity index (χ0n) is 19.7. The number of carbonyl (C=O) groups excluding carboxylic acids is 1. The predicted molar refractivity (Wildman–Crippen MR) is 136 cm³/mol. The summed E-state index contributed by atoms with van der Waals surface area (Å²) in [6.45, 7) is 2.58. The van der Waals surface area contributed by atoms with Crippen LogP contribution < -0.4 is 24.3 Å². The molecule has 3 aromatic rings. The lowest BCUT2D eigenvalue weighted by Crippen LogP contribution is -2.13. The van der Waals surface area contributed by atoms with Gasteiger partial charge >= 0.3 is 0 Å². The molecule has 0 saturated heterocycles. The molecular weight excluding hydrogens is 488 g/mol. The van der Waals surface area contributed by atoms with E-state index in [0.717, 1.165) is 22.8 Å². The first-order valence-corrected chi connectivity index (χ1v) is 12.4. The fourth-order valence-corrected chi connectivity index (χ4v) is 4.01. The van der Waals surface area contributed by atoms with Gasteiger partial charge in [0.2, 0.25) is 16.0 Å². The number of thioether (sulfide) groups is 1. The van der Waals surface area contributed by atoms with Gasteiger partial charge < -0.3 is 18.9 Å². The number of nitriles is 1. The van der Waals surface area contributed by atoms with E-state index in [-0.39, 0.29) is 12.2 Å². The molecule has 1 heterocycles. The van der Waals surface area contributed by atoms with E-state index in [1.54, 1.807) is 12.1 Å². The minimum absolute atomic E-state index is 0.116. The summed E-state index contributed by atoms with van der Waals surface area (Å²) in [6, 6.07) is 13.0. The van der Waals surface area contributed by atoms with Crippen molar-refractivity contribution in [2.45, 2.75) is 12.1 Å². The first-order chi connectivity index (χ1) is 17.0. The Morgan fingerprint density at radius 2 is 1.80 bits per heavy atom. The van der Waals surface area contributed by atoms with E-state index >= 15 is 0 Å². The summed E-state index contributed by atoms with van der Waals surface area (Å²) in [7, 11) is 2.99. The van der Waals surface area contributed by atoms with Crippen molar-refractivity contribution < 1.29 is 23.7 Å². The van der Waals surface area contributed by atoms with E-state index < -0.39 is 5.91 Å². The van der Waals surface area contributed by atoms with Crippen molar-refractivity contribution in [2.75, 3.05) is 39.0 Å². The lowest BCUT2D eigenvalue weighted by atomic mass is 10.1. The lowest BCUT2D eigenvalue weighted by molar-refractivity contribution is -0.112. The Bertz CT molecular complexity index is 1210. The number of hydrogen-bond donors (Lipinski definition) is 1. The Hall–Kier alpha value is -3.75. The SMILES string of the molecule is COc1cc(C=C(C#N)C(=O)Nc2nc(SC)ns2)cc(OC)c1OCCOc1ccc(C)cc1. The normalized spacial score (nSPS) is 10.9. The number of carbonyl (C=O) groups is 1. The third kappa shape index (κ3) is 7.11. The van der Waals surface area contributed by atoms with Crippen molar-refractivity contribution in [3.8, 4) is 29.1 Å². The minimum atomic E-state index is -0.595. The Balaban J connectivity index is 1.72. The molecule has 0 bridgehead atoms. The number of nitrogens with zero attached hydrogens (tertiary/aromatic N) is 3. The second-order valence-corrected chi connectivity index (χ2v) is 8.50. The van der Waals surface area contributed by atoms with Crippen molar-refractivity contribution in [1.29, 1.82) is 5.26 Å². The summed E-state index contributed by atoms with van der Waals surface area (Å²) >= 11 is 2.40. The average molecular weight is 513 g/mol. The second-order valence-electron chi connectivity index (χ2n) is 6.97. The fourth-order valence-electron chi connectivity index (χ4n) is 2.89. The van der Waals surface area contributed by atoms with Gasteiger partial charge in [0.25, 0.3) is 5.91 Å². The highest BCUT2D eigenvalue weighted by Crippen LogP contribution is 2.39. The third-order valence-electron chi connectivity index (χ3n) is 4.59. The number of amides is 1. The van der Waals surface area contributed by atoms with Crippen LogP contribution in [-0.4, -0.2) is 49.0 Å². The second kappa shape index (κ2) is 12.6. The van der Waals surface area contributed by atoms with Gasteiger partial charge in [-0.25, -0.2) is 0 Å². The van der Waals surface area contributed by atoms with Crippen LogP contribution in [0.4, 0.5) is 5.13 Å². The van der Waals surface area contributed by atoms with Crippen molar-refractivity contribution in [1.82, 2.24) is 9.36 Å². The standard InChI is InChI=1S/C24H24N4O5S2/c1-15-5-7-18(8-6-15)32-9-10-33-21-19(30-2)12-16(13-20(21)31-3)11-17(14-25)22(29)26-23-27-24(34-4)28-35-23/h5-8,11-13H,9-10H2,1-4H3,(H,26,27,28,29). The van der Waals surface area contributed by atoms with E-state index in [9.17, 15) is 10.1 Å². The predicted octanol–water partition coefficient (Wildman–Crippen LogP) is 4.59. The number of ether oxygens (including phenoxy) is 4. The smallest absolute Gasteiger partial charge is 0.268 e. The monoisotopic (exact) mass is 512 g/mol. The van der Waals surface area contributed by atoms with Crippen molar-refractivity contribution in [2.24, 2.45) is 0 Å². The molecule has 182 valence electrons. The molecule has 0 unspecified atom stereocenters. The maximum atomic E-state index is 12.6. The van der Waals surface area contributed by atoms with Crippen molar-refractivity contribution >= 4 is 40.4 Å². The Morgan fingerprint density at radius 1 is 1.14 bits per heavy atom. The van der Waals surface area contributed by atoms with E-state index in [1.807, 2.05) is 43.5 Å². The number of nitrogens with one attached hydrogen (secondary N) is 1. The molecule has 9 nitrogen and oxygen atoms in total. The van der Waals surface area contributed by atoms with Gasteiger partial charge in [-0.05, 0) is 49.1 Å². The number of rotatable bonds is 11. The van der Waals surface area contributed by atoms with Crippen LogP contribution in [0.3, 0.4) is 0 Å². The average Bonchev–Trinajstić information content (AvgIpc) is 3.33. The summed E-state index contributed by atoms with van der Waals surface area (Å²) in [4.78, 5) is 16.7. The Morgan fingerprint density at radius 3 is 2.37 bits per heavy atom. The topological polar surface area (TPSA) is 116 Å². The van der Waals surface area contributed by atoms with Gasteiger partial charge in [0.05, 0.1) is 14.2 Å². The van der Waals surface area contributed by atoms with Crippen LogP contribution >= 0.6 is 23.3 Å². The van der Waals surface area contributed by atoms with Crippen LogP contribution in [0.15, 0.2) is 47.1 Å². The molecule has 11 heteroatoms. The quantitative estimate of drug-likeness (QED) is 0.170. The molecule has 35 heavy (non-hydrogen) atoms. The van der Waals surface area contributed by atoms with E-state index in [1.165, 1.54) is 32.1 Å². The highest BCUT2D eigenvalue weighted by Gasteiger charge is 2.17. The molecule has 0 fully saturated rings. The highest BCUT2D eigenvalue weighted by molar-refractivity contribution is 7.98. The molecule has 2 aromatic carbocycles. The number of anilines is 1.